The molecule has 0 unspecified atom stereocenters. The van der Waals surface area contributed by atoms with Crippen LogP contribution in [0.5, 0.6) is 0 Å². The van der Waals surface area contributed by atoms with Gasteiger partial charge in [-0.3, -0.25) is 0 Å². The van der Waals surface area contributed by atoms with Crippen LogP contribution in [0, 0.1) is 0 Å². The van der Waals surface area contributed by atoms with Gasteiger partial charge < -0.3 is 0 Å². The standard InChI is InChI=1S/C12H21NS/c1-5-7-8-10-9-13-11(14-10)12(3,4)6-2/h9H,5-8H2,1-4H3. The number of rotatable bonds is 5. The third-order valence-corrected chi connectivity index (χ3v) is 4.22. The Balaban J connectivity index is 2.67. The van der Waals surface area contributed by atoms with E-state index in [2.05, 4.69) is 38.9 Å². The van der Waals surface area contributed by atoms with Crippen molar-refractivity contribution < 1.29 is 0 Å². The highest BCUT2D eigenvalue weighted by Gasteiger charge is 2.21. The largest absolute Gasteiger partial charge is 0.249 e. The van der Waals surface area contributed by atoms with Gasteiger partial charge in [-0.1, -0.05) is 34.1 Å². The van der Waals surface area contributed by atoms with Crippen LogP contribution in [0.4, 0.5) is 0 Å². The van der Waals surface area contributed by atoms with E-state index in [1.165, 1.54) is 29.1 Å². The lowest BCUT2D eigenvalue weighted by molar-refractivity contribution is 0.503. The van der Waals surface area contributed by atoms with Crippen molar-refractivity contribution >= 4 is 11.3 Å². The number of aryl methyl sites for hydroxylation is 1. The average Bonchev–Trinajstić information content (AvgIpc) is 2.63. The second-order valence-corrected chi connectivity index (χ2v) is 5.59. The molecule has 0 radical (unpaired) electrons. The first-order valence-electron chi connectivity index (χ1n) is 5.55. The van der Waals surface area contributed by atoms with Crippen molar-refractivity contribution in [1.29, 1.82) is 0 Å². The molecule has 1 aromatic heterocycles. The van der Waals surface area contributed by atoms with Crippen molar-refractivity contribution in [2.45, 2.75) is 58.8 Å². The second kappa shape index (κ2) is 4.92. The van der Waals surface area contributed by atoms with Gasteiger partial charge in [0.25, 0.3) is 0 Å². The normalized spacial score (nSPS) is 12.0. The van der Waals surface area contributed by atoms with Crippen LogP contribution in [0.25, 0.3) is 0 Å². The molecule has 0 aromatic carbocycles. The monoisotopic (exact) mass is 211 g/mol. The minimum absolute atomic E-state index is 0.259. The molecule has 1 heterocycles. The summed E-state index contributed by atoms with van der Waals surface area (Å²) in [4.78, 5) is 5.98. The quantitative estimate of drug-likeness (QED) is 0.712. The zero-order valence-electron chi connectivity index (χ0n) is 9.76. The Hall–Kier alpha value is -0.370. The summed E-state index contributed by atoms with van der Waals surface area (Å²) >= 11 is 1.89. The summed E-state index contributed by atoms with van der Waals surface area (Å²) in [6.07, 6.45) is 6.98. The molecule has 0 N–H and O–H groups in total. The first-order chi connectivity index (χ1) is 6.60. The first kappa shape index (κ1) is 11.7. The van der Waals surface area contributed by atoms with E-state index >= 15 is 0 Å². The highest BCUT2D eigenvalue weighted by atomic mass is 32.1. The summed E-state index contributed by atoms with van der Waals surface area (Å²) in [5.41, 5.74) is 0.259. The SMILES string of the molecule is CCCCc1cnc(C(C)(C)CC)s1. The van der Waals surface area contributed by atoms with E-state index in [1.807, 2.05) is 11.3 Å². The van der Waals surface area contributed by atoms with Gasteiger partial charge in [-0.25, -0.2) is 4.98 Å². The van der Waals surface area contributed by atoms with Gasteiger partial charge in [0.1, 0.15) is 0 Å². The molecule has 1 aromatic rings. The Morgan fingerprint density at radius 3 is 2.64 bits per heavy atom. The highest BCUT2D eigenvalue weighted by molar-refractivity contribution is 7.11. The summed E-state index contributed by atoms with van der Waals surface area (Å²) in [7, 11) is 0. The van der Waals surface area contributed by atoms with Crippen LogP contribution in [0.1, 0.15) is 56.8 Å². The highest BCUT2D eigenvalue weighted by Crippen LogP contribution is 2.30. The molecule has 80 valence electrons. The summed E-state index contributed by atoms with van der Waals surface area (Å²) < 4.78 is 0. The van der Waals surface area contributed by atoms with Crippen molar-refractivity contribution in [1.82, 2.24) is 4.98 Å². The molecule has 14 heavy (non-hydrogen) atoms. The van der Waals surface area contributed by atoms with E-state index < -0.39 is 0 Å². The predicted molar refractivity (Wildman–Crippen MR) is 64.0 cm³/mol. The summed E-state index contributed by atoms with van der Waals surface area (Å²) in [5.74, 6) is 0. The molecule has 1 nitrogen and oxygen atoms in total. The topological polar surface area (TPSA) is 12.9 Å². The summed E-state index contributed by atoms with van der Waals surface area (Å²) in [6, 6.07) is 0. The van der Waals surface area contributed by atoms with Crippen LogP contribution in [-0.2, 0) is 11.8 Å². The Morgan fingerprint density at radius 2 is 2.07 bits per heavy atom. The van der Waals surface area contributed by atoms with E-state index in [1.54, 1.807) is 0 Å². The van der Waals surface area contributed by atoms with Gasteiger partial charge in [0.2, 0.25) is 0 Å². The molecule has 0 saturated heterocycles. The first-order valence-corrected chi connectivity index (χ1v) is 6.37. The number of unbranched alkanes of at least 4 members (excludes halogenated alkanes) is 1. The van der Waals surface area contributed by atoms with Gasteiger partial charge in [0.05, 0.1) is 5.01 Å². The molecule has 0 amide bonds. The molecule has 0 aliphatic heterocycles. The molecule has 0 bridgehead atoms. The predicted octanol–water partition coefficient (Wildman–Crippen LogP) is 4.17. The Bertz CT molecular complexity index is 276. The van der Waals surface area contributed by atoms with Gasteiger partial charge in [-0.05, 0) is 19.3 Å². The Morgan fingerprint density at radius 1 is 1.36 bits per heavy atom. The fourth-order valence-electron chi connectivity index (χ4n) is 1.24. The van der Waals surface area contributed by atoms with Crippen LogP contribution >= 0.6 is 11.3 Å². The molecule has 0 fully saturated rings. The molecular weight excluding hydrogens is 190 g/mol. The number of thiazole rings is 1. The van der Waals surface area contributed by atoms with E-state index in [0.717, 1.165) is 6.42 Å². The van der Waals surface area contributed by atoms with Crippen molar-refractivity contribution in [3.63, 3.8) is 0 Å². The van der Waals surface area contributed by atoms with E-state index in [9.17, 15) is 0 Å². The number of aromatic nitrogens is 1. The lowest BCUT2D eigenvalue weighted by atomic mass is 9.91. The molecule has 0 atom stereocenters. The number of nitrogens with zero attached hydrogens (tertiary/aromatic N) is 1. The van der Waals surface area contributed by atoms with E-state index in [4.69, 9.17) is 0 Å². The van der Waals surface area contributed by atoms with Gasteiger partial charge in [-0.15, -0.1) is 11.3 Å². The van der Waals surface area contributed by atoms with E-state index in [0.29, 0.717) is 0 Å². The Labute approximate surface area is 91.6 Å². The molecule has 1 rings (SSSR count). The van der Waals surface area contributed by atoms with Gasteiger partial charge in [-0.2, -0.15) is 0 Å². The number of hydrogen-bond donors (Lipinski definition) is 0. The molecule has 0 aliphatic rings. The van der Waals surface area contributed by atoms with Gasteiger partial charge in [0.15, 0.2) is 0 Å². The molecule has 2 heteroatoms. The summed E-state index contributed by atoms with van der Waals surface area (Å²) in [6.45, 7) is 9.01. The zero-order chi connectivity index (χ0) is 10.6. The van der Waals surface area contributed by atoms with Crippen LogP contribution in [0.15, 0.2) is 6.20 Å². The second-order valence-electron chi connectivity index (χ2n) is 4.47. The van der Waals surface area contributed by atoms with Crippen molar-refractivity contribution in [2.24, 2.45) is 0 Å². The lowest BCUT2D eigenvalue weighted by Crippen LogP contribution is -2.14. The van der Waals surface area contributed by atoms with Gasteiger partial charge in [0, 0.05) is 16.5 Å². The van der Waals surface area contributed by atoms with Crippen molar-refractivity contribution in [2.75, 3.05) is 0 Å². The maximum atomic E-state index is 4.53. The van der Waals surface area contributed by atoms with E-state index in [-0.39, 0.29) is 5.41 Å². The third kappa shape index (κ3) is 2.81. The minimum Gasteiger partial charge on any atom is -0.249 e. The average molecular weight is 211 g/mol. The number of hydrogen-bond acceptors (Lipinski definition) is 2. The molecule has 0 spiro atoms. The lowest BCUT2D eigenvalue weighted by Gasteiger charge is -2.18. The fourth-order valence-corrected chi connectivity index (χ4v) is 2.36. The maximum Gasteiger partial charge on any atom is 0.0983 e. The maximum absolute atomic E-state index is 4.53. The smallest absolute Gasteiger partial charge is 0.0983 e. The molecule has 0 aliphatic carbocycles. The van der Waals surface area contributed by atoms with Crippen LogP contribution in [0.2, 0.25) is 0 Å². The van der Waals surface area contributed by atoms with Crippen molar-refractivity contribution in [3.8, 4) is 0 Å². The van der Waals surface area contributed by atoms with Crippen LogP contribution < -0.4 is 0 Å². The van der Waals surface area contributed by atoms with Crippen LogP contribution in [-0.4, -0.2) is 4.98 Å². The van der Waals surface area contributed by atoms with Crippen LogP contribution in [0.3, 0.4) is 0 Å². The molecular formula is C12H21NS. The molecule has 0 saturated carbocycles. The van der Waals surface area contributed by atoms with Gasteiger partial charge >= 0.3 is 0 Å². The summed E-state index contributed by atoms with van der Waals surface area (Å²) in [5, 5.41) is 1.30. The van der Waals surface area contributed by atoms with Crippen molar-refractivity contribution in [3.05, 3.63) is 16.1 Å². The minimum atomic E-state index is 0.259. The fraction of sp³-hybridized carbons (Fsp3) is 0.750. The zero-order valence-corrected chi connectivity index (χ0v) is 10.6. The Kier molecular flexibility index (Phi) is 4.11. The third-order valence-electron chi connectivity index (χ3n) is 2.79.